The fourth-order valence-electron chi connectivity index (χ4n) is 2.36. The van der Waals surface area contributed by atoms with Gasteiger partial charge in [0, 0.05) is 0 Å². The highest BCUT2D eigenvalue weighted by Gasteiger charge is 2.41. The highest BCUT2D eigenvalue weighted by Crippen LogP contribution is 2.26. The number of carbonyl (C=O) groups excluding carboxylic acids is 2. The number of hydrogen-bond acceptors (Lipinski definition) is 3. The largest absolute Gasteiger partial charge is 0.391 e. The van der Waals surface area contributed by atoms with Gasteiger partial charge in [-0.25, -0.2) is 4.79 Å². The Hall–Kier alpha value is -2.09. The number of aryl methyl sites for hydroxylation is 1. The Balaban J connectivity index is 2.11. The predicted octanol–water partition coefficient (Wildman–Crippen LogP) is 1.90. The Morgan fingerprint density at radius 3 is 2.55 bits per heavy atom. The van der Waals surface area contributed by atoms with Crippen molar-refractivity contribution in [2.75, 3.05) is 6.54 Å². The van der Waals surface area contributed by atoms with Crippen LogP contribution in [-0.2, 0) is 4.79 Å². The third-order valence-electron chi connectivity index (χ3n) is 3.39. The van der Waals surface area contributed by atoms with E-state index in [0.29, 0.717) is 10.5 Å². The summed E-state index contributed by atoms with van der Waals surface area (Å²) < 4.78 is 36.6. The Kier molecular flexibility index (Phi) is 4.41. The average molecular weight is 316 g/mol. The minimum Gasteiger partial charge on any atom is -0.391 e. The summed E-state index contributed by atoms with van der Waals surface area (Å²) in [7, 11) is 0. The molecule has 0 radical (unpaired) electrons. The zero-order valence-corrected chi connectivity index (χ0v) is 11.7. The third kappa shape index (κ3) is 3.56. The van der Waals surface area contributed by atoms with Gasteiger partial charge in [0.25, 0.3) is 5.91 Å². The molecule has 2 atom stereocenters. The number of imide groups is 1. The number of nitrogens with zero attached hydrogens (tertiary/aromatic N) is 1. The normalized spacial score (nSPS) is 20.2. The lowest BCUT2D eigenvalue weighted by atomic mass is 10.0. The molecular weight excluding hydrogens is 301 g/mol. The van der Waals surface area contributed by atoms with Crippen molar-refractivity contribution in [1.82, 2.24) is 10.2 Å². The van der Waals surface area contributed by atoms with Crippen LogP contribution in [0.3, 0.4) is 0 Å². The summed E-state index contributed by atoms with van der Waals surface area (Å²) in [5.74, 6) is -0.666. The van der Waals surface area contributed by atoms with Crippen molar-refractivity contribution in [1.29, 1.82) is 0 Å². The monoisotopic (exact) mass is 316 g/mol. The smallest absolute Gasteiger partial charge is 0.391 e. The number of urea groups is 1. The lowest BCUT2D eigenvalue weighted by molar-refractivity contribution is -0.156. The van der Waals surface area contributed by atoms with Crippen LogP contribution in [0.4, 0.5) is 18.0 Å². The van der Waals surface area contributed by atoms with Gasteiger partial charge in [-0.1, -0.05) is 24.3 Å². The van der Waals surface area contributed by atoms with Crippen molar-refractivity contribution in [2.45, 2.75) is 31.7 Å². The first-order chi connectivity index (χ1) is 10.2. The van der Waals surface area contributed by atoms with Crippen molar-refractivity contribution in [3.8, 4) is 0 Å². The first-order valence-electron chi connectivity index (χ1n) is 6.61. The van der Waals surface area contributed by atoms with E-state index in [1.54, 1.807) is 31.2 Å². The van der Waals surface area contributed by atoms with Crippen molar-refractivity contribution in [3.63, 3.8) is 0 Å². The van der Waals surface area contributed by atoms with Crippen LogP contribution in [0.25, 0.3) is 0 Å². The van der Waals surface area contributed by atoms with Crippen LogP contribution in [0.5, 0.6) is 0 Å². The molecule has 1 saturated heterocycles. The number of aliphatic hydroxyl groups is 1. The number of benzene rings is 1. The minimum atomic E-state index is -4.56. The summed E-state index contributed by atoms with van der Waals surface area (Å²) in [6, 6.07) is 5.14. The molecule has 0 aromatic heterocycles. The molecule has 5 nitrogen and oxygen atoms in total. The molecule has 120 valence electrons. The number of rotatable bonds is 4. The molecule has 1 aliphatic heterocycles. The molecule has 0 bridgehead atoms. The van der Waals surface area contributed by atoms with Gasteiger partial charge in [0.15, 0.2) is 0 Å². The Morgan fingerprint density at radius 1 is 1.32 bits per heavy atom. The molecule has 8 heteroatoms. The summed E-state index contributed by atoms with van der Waals surface area (Å²) in [4.78, 5) is 24.6. The van der Waals surface area contributed by atoms with E-state index >= 15 is 0 Å². The lowest BCUT2D eigenvalue weighted by Gasteiger charge is -2.19. The summed E-state index contributed by atoms with van der Waals surface area (Å²) in [6.45, 7) is 1.07. The maximum atomic E-state index is 12.2. The molecular formula is C14H15F3N2O3. The van der Waals surface area contributed by atoms with E-state index in [1.807, 2.05) is 0 Å². The van der Waals surface area contributed by atoms with Gasteiger partial charge in [-0.2, -0.15) is 13.2 Å². The molecule has 1 aromatic carbocycles. The number of β-amino-alcohol motifs (C(OH)–C–C–N with tert-alkyl or cyclic N) is 1. The minimum absolute atomic E-state index is 0.577. The standard InChI is InChI=1S/C14H15F3N2O3/c1-8-4-2-3-5-10(8)11-12(21)19(13(22)18-11)7-9(20)6-14(15,16)17/h2-5,9,11,20H,6-7H2,1H3,(H,18,22). The zero-order valence-electron chi connectivity index (χ0n) is 11.7. The van der Waals surface area contributed by atoms with Crippen LogP contribution in [0.2, 0.25) is 0 Å². The van der Waals surface area contributed by atoms with Gasteiger partial charge in [0.05, 0.1) is 19.1 Å². The van der Waals surface area contributed by atoms with Crippen molar-refractivity contribution < 1.29 is 27.9 Å². The molecule has 3 amide bonds. The second-order valence-electron chi connectivity index (χ2n) is 5.16. The number of nitrogens with one attached hydrogen (secondary N) is 1. The van der Waals surface area contributed by atoms with Crippen molar-refractivity contribution in [2.24, 2.45) is 0 Å². The molecule has 0 spiro atoms. The molecule has 2 rings (SSSR count). The lowest BCUT2D eigenvalue weighted by Crippen LogP contribution is -2.39. The van der Waals surface area contributed by atoms with Crippen LogP contribution in [-0.4, -0.2) is 40.8 Å². The van der Waals surface area contributed by atoms with Crippen LogP contribution in [0, 0.1) is 6.92 Å². The number of amides is 3. The molecule has 2 unspecified atom stereocenters. The van der Waals surface area contributed by atoms with Gasteiger partial charge < -0.3 is 10.4 Å². The van der Waals surface area contributed by atoms with E-state index < -0.39 is 43.2 Å². The highest BCUT2D eigenvalue weighted by atomic mass is 19.4. The summed E-state index contributed by atoms with van der Waals surface area (Å²) >= 11 is 0. The van der Waals surface area contributed by atoms with E-state index in [2.05, 4.69) is 5.32 Å². The second-order valence-corrected chi connectivity index (χ2v) is 5.16. The molecule has 1 heterocycles. The number of carbonyl (C=O) groups is 2. The topological polar surface area (TPSA) is 69.6 Å². The molecule has 0 saturated carbocycles. The van der Waals surface area contributed by atoms with Gasteiger partial charge in [0.2, 0.25) is 0 Å². The fraction of sp³-hybridized carbons (Fsp3) is 0.429. The molecule has 0 aliphatic carbocycles. The number of aliphatic hydroxyl groups excluding tert-OH is 1. The maximum Gasteiger partial charge on any atom is 0.391 e. The molecule has 22 heavy (non-hydrogen) atoms. The summed E-state index contributed by atoms with van der Waals surface area (Å²) in [5, 5.41) is 11.8. The number of alkyl halides is 3. The molecule has 1 aromatic rings. The quantitative estimate of drug-likeness (QED) is 0.834. The van der Waals surface area contributed by atoms with E-state index in [-0.39, 0.29) is 0 Å². The maximum absolute atomic E-state index is 12.2. The van der Waals surface area contributed by atoms with Gasteiger partial charge in [-0.05, 0) is 18.1 Å². The Labute approximate surface area is 124 Å². The van der Waals surface area contributed by atoms with Crippen molar-refractivity contribution in [3.05, 3.63) is 35.4 Å². The first kappa shape index (κ1) is 16.3. The fourth-order valence-corrected chi connectivity index (χ4v) is 2.36. The average Bonchev–Trinajstić information content (AvgIpc) is 2.65. The second kappa shape index (κ2) is 5.96. The molecule has 1 fully saturated rings. The summed E-state index contributed by atoms with van der Waals surface area (Å²) in [5.41, 5.74) is 1.35. The van der Waals surface area contributed by atoms with Crippen LogP contribution in [0.15, 0.2) is 24.3 Å². The Bertz CT molecular complexity index is 589. The number of hydrogen-bond donors (Lipinski definition) is 2. The van der Waals surface area contributed by atoms with Crippen LogP contribution >= 0.6 is 0 Å². The predicted molar refractivity (Wildman–Crippen MR) is 70.8 cm³/mol. The van der Waals surface area contributed by atoms with Crippen LogP contribution in [0.1, 0.15) is 23.6 Å². The van der Waals surface area contributed by atoms with Gasteiger partial charge in [-0.15, -0.1) is 0 Å². The van der Waals surface area contributed by atoms with Gasteiger partial charge in [-0.3, -0.25) is 9.69 Å². The number of halogens is 3. The summed E-state index contributed by atoms with van der Waals surface area (Å²) in [6.07, 6.45) is -7.88. The van der Waals surface area contributed by atoms with E-state index in [9.17, 15) is 27.9 Å². The van der Waals surface area contributed by atoms with Crippen molar-refractivity contribution >= 4 is 11.9 Å². The van der Waals surface area contributed by atoms with E-state index in [1.165, 1.54) is 0 Å². The van der Waals surface area contributed by atoms with Crippen LogP contribution < -0.4 is 5.32 Å². The first-order valence-corrected chi connectivity index (χ1v) is 6.61. The highest BCUT2D eigenvalue weighted by molar-refractivity contribution is 6.04. The van der Waals surface area contributed by atoms with E-state index in [0.717, 1.165) is 5.56 Å². The third-order valence-corrected chi connectivity index (χ3v) is 3.39. The zero-order chi connectivity index (χ0) is 16.5. The molecule has 1 aliphatic rings. The van der Waals surface area contributed by atoms with Gasteiger partial charge in [0.1, 0.15) is 6.04 Å². The van der Waals surface area contributed by atoms with Gasteiger partial charge >= 0.3 is 12.2 Å². The Morgan fingerprint density at radius 2 is 1.95 bits per heavy atom. The van der Waals surface area contributed by atoms with E-state index in [4.69, 9.17) is 0 Å². The SMILES string of the molecule is Cc1ccccc1C1NC(=O)N(CC(O)CC(F)(F)F)C1=O. The molecule has 2 N–H and O–H groups in total.